The molecule has 0 atom stereocenters. The maximum Gasteiger partial charge on any atom is 0.354 e. The van der Waals surface area contributed by atoms with Gasteiger partial charge in [0.2, 0.25) is 5.78 Å². The lowest BCUT2D eigenvalue weighted by Crippen LogP contribution is -2.24. The SMILES string of the molecule is COC(=O)c1cc2c([nH]1)CC(F)(F)C2=O. The molecule has 1 heterocycles. The van der Waals surface area contributed by atoms with Crippen molar-refractivity contribution in [2.24, 2.45) is 0 Å². The normalized spacial score (nSPS) is 17.7. The summed E-state index contributed by atoms with van der Waals surface area (Å²) in [5, 5.41) is 0. The van der Waals surface area contributed by atoms with Crippen LogP contribution >= 0.6 is 0 Å². The highest BCUT2D eigenvalue weighted by atomic mass is 19.3. The van der Waals surface area contributed by atoms with Crippen LogP contribution in [0.4, 0.5) is 8.78 Å². The average Bonchev–Trinajstić information content (AvgIpc) is 2.65. The molecule has 0 radical (unpaired) electrons. The Bertz CT molecular complexity index is 450. The number of ketones is 1. The van der Waals surface area contributed by atoms with Gasteiger partial charge in [-0.05, 0) is 6.07 Å². The highest BCUT2D eigenvalue weighted by Crippen LogP contribution is 2.34. The van der Waals surface area contributed by atoms with Gasteiger partial charge < -0.3 is 9.72 Å². The van der Waals surface area contributed by atoms with E-state index in [1.54, 1.807) is 0 Å². The number of Topliss-reactive ketones (excluding diaryl/α,β-unsaturated/α-hetero) is 1. The number of alkyl halides is 2. The van der Waals surface area contributed by atoms with Crippen LogP contribution in [0, 0.1) is 0 Å². The van der Waals surface area contributed by atoms with Crippen molar-refractivity contribution in [2.45, 2.75) is 12.3 Å². The summed E-state index contributed by atoms with van der Waals surface area (Å²) >= 11 is 0. The first-order valence-corrected chi connectivity index (χ1v) is 4.18. The number of aromatic amines is 1. The van der Waals surface area contributed by atoms with E-state index in [1.807, 2.05) is 0 Å². The van der Waals surface area contributed by atoms with Crippen LogP contribution in [-0.4, -0.2) is 29.8 Å². The lowest BCUT2D eigenvalue weighted by Gasteiger charge is -2.04. The summed E-state index contributed by atoms with van der Waals surface area (Å²) in [4.78, 5) is 24.6. The van der Waals surface area contributed by atoms with Crippen LogP contribution in [0.1, 0.15) is 26.5 Å². The Morgan fingerprint density at radius 1 is 1.60 bits per heavy atom. The van der Waals surface area contributed by atoms with E-state index in [0.29, 0.717) is 0 Å². The van der Waals surface area contributed by atoms with Gasteiger partial charge >= 0.3 is 11.9 Å². The lowest BCUT2D eigenvalue weighted by molar-refractivity contribution is 0.0163. The number of rotatable bonds is 1. The highest BCUT2D eigenvalue weighted by Gasteiger charge is 2.48. The minimum atomic E-state index is -3.35. The number of nitrogens with one attached hydrogen (secondary N) is 1. The van der Waals surface area contributed by atoms with Crippen molar-refractivity contribution in [3.05, 3.63) is 23.0 Å². The minimum Gasteiger partial charge on any atom is -0.464 e. The van der Waals surface area contributed by atoms with E-state index >= 15 is 0 Å². The fourth-order valence-electron chi connectivity index (χ4n) is 1.56. The van der Waals surface area contributed by atoms with Crippen LogP contribution in [-0.2, 0) is 11.2 Å². The summed E-state index contributed by atoms with van der Waals surface area (Å²) in [5.41, 5.74) is -0.0165. The molecule has 0 bridgehead atoms. The predicted octanol–water partition coefficient (Wildman–Crippen LogP) is 1.18. The molecule has 0 aliphatic heterocycles. The Morgan fingerprint density at radius 2 is 2.27 bits per heavy atom. The first-order valence-electron chi connectivity index (χ1n) is 4.18. The predicted molar refractivity (Wildman–Crippen MR) is 45.1 cm³/mol. The van der Waals surface area contributed by atoms with Gasteiger partial charge in [0.15, 0.2) is 0 Å². The molecule has 1 aliphatic rings. The first kappa shape index (κ1) is 9.82. The largest absolute Gasteiger partial charge is 0.464 e. The number of esters is 1. The monoisotopic (exact) mass is 215 g/mol. The summed E-state index contributed by atoms with van der Waals surface area (Å²) in [6, 6.07) is 1.10. The van der Waals surface area contributed by atoms with Crippen LogP contribution in [0.5, 0.6) is 0 Å². The Hall–Kier alpha value is -1.72. The molecule has 1 aromatic heterocycles. The van der Waals surface area contributed by atoms with Crippen LogP contribution in [0.2, 0.25) is 0 Å². The van der Waals surface area contributed by atoms with Gasteiger partial charge in [0.25, 0.3) is 0 Å². The van der Waals surface area contributed by atoms with E-state index in [0.717, 1.165) is 6.07 Å². The molecule has 0 aromatic carbocycles. The van der Waals surface area contributed by atoms with Gasteiger partial charge in [-0.2, -0.15) is 8.78 Å². The van der Waals surface area contributed by atoms with Gasteiger partial charge in [-0.3, -0.25) is 4.79 Å². The number of aromatic nitrogens is 1. The molecule has 0 amide bonds. The number of fused-ring (bicyclic) bond motifs is 1. The molecule has 0 unspecified atom stereocenters. The number of carbonyl (C=O) groups excluding carboxylic acids is 2. The van der Waals surface area contributed by atoms with Crippen molar-refractivity contribution in [3.63, 3.8) is 0 Å². The average molecular weight is 215 g/mol. The Balaban J connectivity index is 2.40. The first-order chi connectivity index (χ1) is 6.95. The molecular weight excluding hydrogens is 208 g/mol. The summed E-state index contributed by atoms with van der Waals surface area (Å²) in [6.45, 7) is 0. The quantitative estimate of drug-likeness (QED) is 0.715. The lowest BCUT2D eigenvalue weighted by atomic mass is 10.2. The number of hydrogen-bond donors (Lipinski definition) is 1. The van der Waals surface area contributed by atoms with E-state index in [-0.39, 0.29) is 17.0 Å². The summed E-state index contributed by atoms with van der Waals surface area (Å²) in [6.07, 6.45) is -0.682. The number of halogens is 2. The van der Waals surface area contributed by atoms with Crippen molar-refractivity contribution in [2.75, 3.05) is 7.11 Å². The molecule has 0 saturated heterocycles. The molecule has 1 aromatic rings. The van der Waals surface area contributed by atoms with Crippen LogP contribution in [0.3, 0.4) is 0 Å². The van der Waals surface area contributed by atoms with Gasteiger partial charge in [0, 0.05) is 11.3 Å². The van der Waals surface area contributed by atoms with Gasteiger partial charge in [-0.1, -0.05) is 0 Å². The number of hydrogen-bond acceptors (Lipinski definition) is 3. The van der Waals surface area contributed by atoms with E-state index < -0.39 is 24.1 Å². The Kier molecular flexibility index (Phi) is 1.89. The van der Waals surface area contributed by atoms with Gasteiger partial charge in [-0.25, -0.2) is 4.79 Å². The minimum absolute atomic E-state index is 0.0198. The van der Waals surface area contributed by atoms with E-state index in [2.05, 4.69) is 9.72 Å². The van der Waals surface area contributed by atoms with E-state index in [1.165, 1.54) is 7.11 Å². The molecule has 1 aliphatic carbocycles. The molecule has 4 nitrogen and oxygen atoms in total. The Morgan fingerprint density at radius 3 is 2.80 bits per heavy atom. The van der Waals surface area contributed by atoms with Crippen molar-refractivity contribution in [1.82, 2.24) is 4.98 Å². The van der Waals surface area contributed by atoms with Crippen LogP contribution < -0.4 is 0 Å². The third kappa shape index (κ3) is 1.33. The second-order valence-corrected chi connectivity index (χ2v) is 3.28. The van der Waals surface area contributed by atoms with Gasteiger partial charge in [0.05, 0.1) is 13.5 Å². The second-order valence-electron chi connectivity index (χ2n) is 3.28. The van der Waals surface area contributed by atoms with Crippen molar-refractivity contribution in [1.29, 1.82) is 0 Å². The number of H-pyrrole nitrogens is 1. The molecule has 0 saturated carbocycles. The van der Waals surface area contributed by atoms with Gasteiger partial charge in [0.1, 0.15) is 5.69 Å². The zero-order valence-electron chi connectivity index (χ0n) is 7.77. The number of carbonyl (C=O) groups is 2. The molecule has 6 heteroatoms. The second kappa shape index (κ2) is 2.88. The molecule has 0 fully saturated rings. The molecular formula is C9H7F2NO3. The van der Waals surface area contributed by atoms with Crippen molar-refractivity contribution >= 4 is 11.8 Å². The molecule has 2 rings (SSSR count). The number of ether oxygens (including phenoxy) is 1. The standard InChI is InChI=1S/C9H7F2NO3/c1-15-8(14)5-2-4-6(12-5)3-9(10,11)7(4)13/h2,12H,3H2,1H3. The molecule has 80 valence electrons. The Labute approximate surface area is 83.2 Å². The number of methoxy groups -OCH3 is 1. The maximum absolute atomic E-state index is 12.9. The van der Waals surface area contributed by atoms with E-state index in [4.69, 9.17) is 0 Å². The highest BCUT2D eigenvalue weighted by molar-refractivity contribution is 6.07. The fourth-order valence-corrected chi connectivity index (χ4v) is 1.56. The van der Waals surface area contributed by atoms with Crippen molar-refractivity contribution in [3.8, 4) is 0 Å². The summed E-state index contributed by atoms with van der Waals surface area (Å²) in [5.74, 6) is -5.28. The zero-order valence-corrected chi connectivity index (χ0v) is 7.77. The zero-order chi connectivity index (χ0) is 11.2. The van der Waals surface area contributed by atoms with Crippen molar-refractivity contribution < 1.29 is 23.1 Å². The van der Waals surface area contributed by atoms with Gasteiger partial charge in [-0.15, -0.1) is 0 Å². The summed E-state index contributed by atoms with van der Waals surface area (Å²) < 4.78 is 30.2. The van der Waals surface area contributed by atoms with Crippen LogP contribution in [0.15, 0.2) is 6.07 Å². The van der Waals surface area contributed by atoms with Crippen LogP contribution in [0.25, 0.3) is 0 Å². The molecule has 15 heavy (non-hydrogen) atoms. The fraction of sp³-hybridized carbons (Fsp3) is 0.333. The summed E-state index contributed by atoms with van der Waals surface area (Å²) in [7, 11) is 1.17. The van der Waals surface area contributed by atoms with E-state index in [9.17, 15) is 18.4 Å². The molecule has 0 spiro atoms. The topological polar surface area (TPSA) is 59.2 Å². The third-order valence-corrected chi connectivity index (χ3v) is 2.28. The maximum atomic E-state index is 12.9. The molecule has 1 N–H and O–H groups in total. The third-order valence-electron chi connectivity index (χ3n) is 2.28. The smallest absolute Gasteiger partial charge is 0.354 e.